The van der Waals surface area contributed by atoms with E-state index in [2.05, 4.69) is 22.8 Å². The van der Waals surface area contributed by atoms with Gasteiger partial charge in [-0.15, -0.1) is 12.4 Å². The first-order chi connectivity index (χ1) is 10.4. The van der Waals surface area contributed by atoms with Gasteiger partial charge in [-0.2, -0.15) is 0 Å². The summed E-state index contributed by atoms with van der Waals surface area (Å²) >= 11 is 0. The van der Waals surface area contributed by atoms with Crippen molar-refractivity contribution in [1.82, 2.24) is 10.6 Å². The lowest BCUT2D eigenvalue weighted by molar-refractivity contribution is -0.124. The quantitative estimate of drug-likeness (QED) is 0.881. The molecule has 2 N–H and O–H groups in total. The number of halogens is 1. The summed E-state index contributed by atoms with van der Waals surface area (Å²) < 4.78 is 5.75. The molecule has 0 aliphatic carbocycles. The molecule has 0 unspecified atom stereocenters. The fraction of sp³-hybridized carbons (Fsp3) is 0.389. The van der Waals surface area contributed by atoms with Gasteiger partial charge in [-0.1, -0.05) is 30.3 Å². The first-order valence-electron chi connectivity index (χ1n) is 7.50. The molecule has 4 nitrogen and oxygen atoms in total. The van der Waals surface area contributed by atoms with Gasteiger partial charge in [-0.25, -0.2) is 0 Å². The van der Waals surface area contributed by atoms with Crippen LogP contribution in [-0.2, 0) is 11.3 Å². The number of hydrogen-bond acceptors (Lipinski definition) is 3. The molecule has 0 saturated heterocycles. The highest BCUT2D eigenvalue weighted by molar-refractivity contribution is 5.88. The lowest BCUT2D eigenvalue weighted by Crippen LogP contribution is -2.43. The minimum Gasteiger partial charge on any atom is -0.483 e. The van der Waals surface area contributed by atoms with Crippen LogP contribution in [0.1, 0.15) is 26.3 Å². The third-order valence-electron chi connectivity index (χ3n) is 3.22. The monoisotopic (exact) mass is 336 g/mol. The number of amides is 1. The maximum atomic E-state index is 11.9. The zero-order valence-electron chi connectivity index (χ0n) is 14.1. The zero-order chi connectivity index (χ0) is 16.2. The largest absolute Gasteiger partial charge is 0.483 e. The van der Waals surface area contributed by atoms with Crippen LogP contribution >= 0.6 is 12.4 Å². The van der Waals surface area contributed by atoms with E-state index in [-0.39, 0.29) is 30.5 Å². The van der Waals surface area contributed by atoms with Crippen molar-refractivity contribution in [1.29, 1.82) is 0 Å². The Balaban J connectivity index is 0.00000264. The molecule has 0 radical (unpaired) electrons. The van der Waals surface area contributed by atoms with Gasteiger partial charge in [0.2, 0.25) is 0 Å². The molecule has 0 fully saturated rings. The smallest absolute Gasteiger partial charge is 0.258 e. The summed E-state index contributed by atoms with van der Waals surface area (Å²) in [5.41, 5.74) is 0.821. The number of nitrogens with one attached hydrogen (secondary N) is 2. The van der Waals surface area contributed by atoms with E-state index >= 15 is 0 Å². The van der Waals surface area contributed by atoms with Gasteiger partial charge in [0.05, 0.1) is 0 Å². The molecule has 2 aromatic rings. The van der Waals surface area contributed by atoms with E-state index in [1.54, 1.807) is 0 Å². The van der Waals surface area contributed by atoms with Crippen LogP contribution in [-0.4, -0.2) is 25.1 Å². The van der Waals surface area contributed by atoms with Gasteiger partial charge >= 0.3 is 0 Å². The Bertz CT molecular complexity index is 666. The Hall–Kier alpha value is -1.78. The Morgan fingerprint density at radius 1 is 1.13 bits per heavy atom. The Morgan fingerprint density at radius 2 is 1.83 bits per heavy atom. The van der Waals surface area contributed by atoms with E-state index in [1.165, 1.54) is 5.39 Å². The van der Waals surface area contributed by atoms with Crippen molar-refractivity contribution in [2.45, 2.75) is 32.9 Å². The topological polar surface area (TPSA) is 50.4 Å². The molecule has 0 saturated carbocycles. The Morgan fingerprint density at radius 3 is 2.48 bits per heavy atom. The first kappa shape index (κ1) is 19.3. The van der Waals surface area contributed by atoms with Gasteiger partial charge < -0.3 is 15.4 Å². The molecule has 0 bridgehead atoms. The second-order valence-electron chi connectivity index (χ2n) is 6.38. The van der Waals surface area contributed by atoms with Crippen molar-refractivity contribution >= 4 is 29.1 Å². The van der Waals surface area contributed by atoms with Gasteiger partial charge in [0, 0.05) is 17.6 Å². The van der Waals surface area contributed by atoms with E-state index in [4.69, 9.17) is 4.74 Å². The molecule has 1 amide bonds. The van der Waals surface area contributed by atoms with Crippen molar-refractivity contribution in [3.05, 3.63) is 42.0 Å². The second-order valence-corrected chi connectivity index (χ2v) is 6.38. The number of benzene rings is 2. The number of carbonyl (C=O) groups is 1. The summed E-state index contributed by atoms with van der Waals surface area (Å²) in [6, 6.07) is 12.1. The second kappa shape index (κ2) is 8.18. The number of carbonyl (C=O) groups excluding carboxylic acids is 1. The first-order valence-corrected chi connectivity index (χ1v) is 7.50. The maximum absolute atomic E-state index is 11.9. The van der Waals surface area contributed by atoms with Gasteiger partial charge in [0.1, 0.15) is 5.75 Å². The highest BCUT2D eigenvalue weighted by Gasteiger charge is 2.15. The lowest BCUT2D eigenvalue weighted by atomic mass is 10.0. The van der Waals surface area contributed by atoms with Crippen molar-refractivity contribution in [2.24, 2.45) is 0 Å². The fourth-order valence-corrected chi connectivity index (χ4v) is 2.41. The molecule has 23 heavy (non-hydrogen) atoms. The van der Waals surface area contributed by atoms with Crippen LogP contribution < -0.4 is 15.4 Å². The third kappa shape index (κ3) is 5.41. The molecule has 0 heterocycles. The summed E-state index contributed by atoms with van der Waals surface area (Å²) in [6.07, 6.45) is 0. The highest BCUT2D eigenvalue weighted by atomic mass is 35.5. The highest BCUT2D eigenvalue weighted by Crippen LogP contribution is 2.28. The minimum absolute atomic E-state index is 0. The summed E-state index contributed by atoms with van der Waals surface area (Å²) in [6.45, 7) is 6.57. The van der Waals surface area contributed by atoms with Crippen molar-refractivity contribution in [3.63, 3.8) is 0 Å². The molecule has 0 spiro atoms. The lowest BCUT2D eigenvalue weighted by Gasteiger charge is -2.21. The fourth-order valence-electron chi connectivity index (χ4n) is 2.41. The van der Waals surface area contributed by atoms with E-state index in [9.17, 15) is 4.79 Å². The van der Waals surface area contributed by atoms with Crippen LogP contribution in [0.5, 0.6) is 5.75 Å². The summed E-state index contributed by atoms with van der Waals surface area (Å²) in [7, 11) is 1.90. The van der Waals surface area contributed by atoms with Gasteiger partial charge in [-0.05, 0) is 44.7 Å². The Kier molecular flexibility index (Phi) is 6.85. The SMILES string of the molecule is CNCc1c(OCC(=O)NC(C)(C)C)ccc2ccccc12.Cl. The summed E-state index contributed by atoms with van der Waals surface area (Å²) in [5, 5.41) is 8.37. The number of fused-ring (bicyclic) bond motifs is 1. The third-order valence-corrected chi connectivity index (χ3v) is 3.22. The minimum atomic E-state index is -0.252. The molecule has 0 aliphatic heterocycles. The number of ether oxygens (including phenoxy) is 1. The van der Waals surface area contributed by atoms with Crippen LogP contribution in [0.3, 0.4) is 0 Å². The van der Waals surface area contributed by atoms with Crippen LogP contribution in [0.2, 0.25) is 0 Å². The van der Waals surface area contributed by atoms with Crippen LogP contribution in [0, 0.1) is 0 Å². The van der Waals surface area contributed by atoms with E-state index < -0.39 is 0 Å². The predicted octanol–water partition coefficient (Wildman–Crippen LogP) is 3.27. The van der Waals surface area contributed by atoms with Gasteiger partial charge in [0.15, 0.2) is 6.61 Å². The molecule has 2 aromatic carbocycles. The molecule has 0 aromatic heterocycles. The molecular weight excluding hydrogens is 312 g/mol. The standard InChI is InChI=1S/C18H24N2O2.ClH/c1-18(2,3)20-17(21)12-22-16-10-9-13-7-5-6-8-14(13)15(16)11-19-4;/h5-10,19H,11-12H2,1-4H3,(H,20,21);1H. The van der Waals surface area contributed by atoms with Crippen LogP contribution in [0.25, 0.3) is 10.8 Å². The summed E-state index contributed by atoms with van der Waals surface area (Å²) in [5.74, 6) is 0.633. The molecule has 0 atom stereocenters. The van der Waals surface area contributed by atoms with Crippen molar-refractivity contribution < 1.29 is 9.53 Å². The Labute approximate surface area is 144 Å². The average molecular weight is 337 g/mol. The molecule has 5 heteroatoms. The zero-order valence-corrected chi connectivity index (χ0v) is 14.9. The molecular formula is C18H25ClN2O2. The van der Waals surface area contributed by atoms with Crippen LogP contribution in [0.15, 0.2) is 36.4 Å². The predicted molar refractivity (Wildman–Crippen MR) is 97.4 cm³/mol. The van der Waals surface area contributed by atoms with E-state index in [0.29, 0.717) is 6.54 Å². The average Bonchev–Trinajstić information content (AvgIpc) is 2.45. The van der Waals surface area contributed by atoms with Crippen LogP contribution in [0.4, 0.5) is 0 Å². The molecule has 0 aliphatic rings. The van der Waals surface area contributed by atoms with E-state index in [1.807, 2.05) is 52.1 Å². The number of hydrogen-bond donors (Lipinski definition) is 2. The normalized spacial score (nSPS) is 11.0. The van der Waals surface area contributed by atoms with Gasteiger partial charge in [-0.3, -0.25) is 4.79 Å². The van der Waals surface area contributed by atoms with Gasteiger partial charge in [0.25, 0.3) is 5.91 Å². The molecule has 2 rings (SSSR count). The summed E-state index contributed by atoms with van der Waals surface area (Å²) in [4.78, 5) is 11.9. The maximum Gasteiger partial charge on any atom is 0.258 e. The molecule has 126 valence electrons. The van der Waals surface area contributed by atoms with E-state index in [0.717, 1.165) is 16.7 Å². The van der Waals surface area contributed by atoms with Crippen molar-refractivity contribution in [2.75, 3.05) is 13.7 Å². The van der Waals surface area contributed by atoms with Crippen molar-refractivity contribution in [3.8, 4) is 5.75 Å². The number of rotatable bonds is 5.